The van der Waals surface area contributed by atoms with Crippen LogP contribution in [0.1, 0.15) is 265 Å². The van der Waals surface area contributed by atoms with Crippen molar-refractivity contribution in [1.29, 1.82) is 0 Å². The maximum atomic E-state index is 13.2. The van der Waals surface area contributed by atoms with E-state index in [2.05, 4.69) is 69.4 Å². The first-order valence-corrected chi connectivity index (χ1v) is 30.9. The summed E-state index contributed by atoms with van der Waals surface area (Å²) in [5.41, 5.74) is 0. The van der Waals surface area contributed by atoms with Crippen LogP contribution in [0.5, 0.6) is 0 Å². The Morgan fingerprint density at radius 1 is 0.455 bits per heavy atom. The van der Waals surface area contributed by atoms with Gasteiger partial charge in [-0.15, -0.1) is 0 Å². The number of carbonyl (C=O) groups is 4. The minimum atomic E-state index is -1.94. The summed E-state index contributed by atoms with van der Waals surface area (Å²) in [5, 5.41) is 31.5. The summed E-state index contributed by atoms with van der Waals surface area (Å²) in [5.74, 6) is -3.28. The topological polar surface area (TPSA) is 175 Å². The number of allylic oxidation sites excluding steroid dienone is 11. The summed E-state index contributed by atoms with van der Waals surface area (Å²) in [6, 6.07) is 0. The second kappa shape index (κ2) is 52.8. The largest absolute Gasteiger partial charge is 0.479 e. The number of aliphatic carboxylic acids is 1. The van der Waals surface area contributed by atoms with Crippen molar-refractivity contribution < 1.29 is 58.2 Å². The Morgan fingerprint density at radius 3 is 1.30 bits per heavy atom. The zero-order valence-electron chi connectivity index (χ0n) is 48.7. The fraction of sp³-hybridized carbons (Fsp3) is 0.754. The van der Waals surface area contributed by atoms with Crippen LogP contribution in [0, 0.1) is 0 Å². The van der Waals surface area contributed by atoms with Gasteiger partial charge in [0.05, 0.1) is 13.0 Å². The molecule has 1 aliphatic heterocycles. The van der Waals surface area contributed by atoms with E-state index < -0.39 is 67.3 Å². The molecule has 0 radical (unpaired) electrons. The molecule has 0 aromatic carbocycles. The van der Waals surface area contributed by atoms with Crippen LogP contribution in [0.2, 0.25) is 0 Å². The first-order chi connectivity index (χ1) is 37.6. The zero-order chi connectivity index (χ0) is 56.1. The third-order valence-corrected chi connectivity index (χ3v) is 13.8. The van der Waals surface area contributed by atoms with Crippen molar-refractivity contribution in [3.63, 3.8) is 0 Å². The second-order valence-corrected chi connectivity index (χ2v) is 21.0. The Kier molecular flexibility index (Phi) is 48.8. The lowest BCUT2D eigenvalue weighted by atomic mass is 9.98. The minimum absolute atomic E-state index is 0.143. The molecule has 0 spiro atoms. The molecule has 1 saturated heterocycles. The Morgan fingerprint density at radius 2 is 0.857 bits per heavy atom. The highest BCUT2D eigenvalue weighted by Crippen LogP contribution is 2.26. The van der Waals surface area contributed by atoms with Crippen LogP contribution >= 0.6 is 0 Å². The van der Waals surface area contributed by atoms with Gasteiger partial charge >= 0.3 is 23.9 Å². The number of hydrogen-bond donors (Lipinski definition) is 3. The highest BCUT2D eigenvalue weighted by Gasteiger charge is 2.50. The molecule has 0 aliphatic carbocycles. The van der Waals surface area contributed by atoms with Gasteiger partial charge in [-0.2, -0.15) is 0 Å². The Balaban J connectivity index is 2.72. The molecule has 0 amide bonds. The van der Waals surface area contributed by atoms with Crippen molar-refractivity contribution in [1.82, 2.24) is 0 Å². The van der Waals surface area contributed by atoms with Gasteiger partial charge in [0.1, 0.15) is 18.8 Å². The highest BCUT2D eigenvalue weighted by atomic mass is 16.7. The van der Waals surface area contributed by atoms with E-state index in [-0.39, 0.29) is 25.9 Å². The molecule has 12 heteroatoms. The second-order valence-electron chi connectivity index (χ2n) is 21.0. The molecule has 6 unspecified atom stereocenters. The van der Waals surface area contributed by atoms with Gasteiger partial charge in [-0.1, -0.05) is 248 Å². The van der Waals surface area contributed by atoms with E-state index in [1.54, 1.807) is 12.2 Å². The number of unbranched alkanes of at least 4 members (excludes halogenated alkanes) is 27. The minimum Gasteiger partial charge on any atom is -0.479 e. The lowest BCUT2D eigenvalue weighted by Crippen LogP contribution is -2.61. The molecule has 0 bridgehead atoms. The van der Waals surface area contributed by atoms with Crippen molar-refractivity contribution in [3.8, 4) is 0 Å². The van der Waals surface area contributed by atoms with Crippen LogP contribution in [0.3, 0.4) is 0 Å². The van der Waals surface area contributed by atoms with Crippen LogP contribution in [0.25, 0.3) is 0 Å². The molecule has 442 valence electrons. The number of carbonyl (C=O) groups excluding carboxylic acids is 3. The van der Waals surface area contributed by atoms with Gasteiger partial charge < -0.3 is 39.0 Å². The van der Waals surface area contributed by atoms with Gasteiger partial charge in [-0.05, 0) is 70.6 Å². The van der Waals surface area contributed by atoms with Crippen molar-refractivity contribution in [2.75, 3.05) is 13.2 Å². The van der Waals surface area contributed by atoms with Crippen molar-refractivity contribution >= 4 is 23.9 Å². The van der Waals surface area contributed by atoms with Gasteiger partial charge in [0, 0.05) is 12.8 Å². The molecule has 0 aromatic rings. The average Bonchev–Trinajstić information content (AvgIpc) is 3.43. The molecule has 6 atom stereocenters. The number of rotatable bonds is 52. The third kappa shape index (κ3) is 42.7. The Bertz CT molecular complexity index is 1620. The van der Waals surface area contributed by atoms with E-state index >= 15 is 0 Å². The molecule has 3 N–H and O–H groups in total. The van der Waals surface area contributed by atoms with E-state index in [0.29, 0.717) is 19.3 Å². The van der Waals surface area contributed by atoms with E-state index in [1.165, 1.54) is 122 Å². The SMILES string of the molecule is CC/C=C\C/C=C\C/C=C\C/C=C\C/C=C\CC(=O)OC1C(OCC(COC(=O)CCCCCCCCCCCCCCCCCCC)OC(=O)CCCCCCC/C=C\CCCCCCCC)OC(C(=O)O)C(O)C1O. The van der Waals surface area contributed by atoms with Gasteiger partial charge in [0.15, 0.2) is 24.6 Å². The Labute approximate surface area is 468 Å². The van der Waals surface area contributed by atoms with Crippen LogP contribution in [-0.4, -0.2) is 89.2 Å². The number of aliphatic hydroxyl groups excluding tert-OH is 2. The maximum absolute atomic E-state index is 13.2. The summed E-state index contributed by atoms with van der Waals surface area (Å²) in [4.78, 5) is 51.1. The summed E-state index contributed by atoms with van der Waals surface area (Å²) in [6.45, 7) is 5.85. The van der Waals surface area contributed by atoms with E-state index in [0.717, 1.165) is 83.5 Å². The molecular weight excluding hydrogens is 973 g/mol. The van der Waals surface area contributed by atoms with Crippen LogP contribution < -0.4 is 0 Å². The molecule has 1 rings (SSSR count). The number of hydrogen-bond acceptors (Lipinski definition) is 11. The molecule has 12 nitrogen and oxygen atoms in total. The fourth-order valence-electron chi connectivity index (χ4n) is 9.09. The standard InChI is InChI=1S/C65H110O12/c1-4-7-10-13-16-19-22-25-28-29-32-33-36-39-42-45-48-51-57(66)73-54-56(75-58(67)52-49-46-43-40-37-34-30-26-23-20-17-14-11-8-5-2)55-74-65-63(61(70)60(69)62(77-65)64(71)72)76-59(68)53-50-47-44-41-38-35-31-27-24-21-18-15-12-9-6-3/h9,12,18,21,26-27,30-31,38,41,47,50,56,60-63,65,69-70H,4-8,10-11,13-17,19-20,22-25,28-29,32-37,39-40,42-46,48-49,51-55H2,1-3H3,(H,71,72)/b12-9-,21-18-,30-26-,31-27-,41-38-,50-47-. The number of carboxylic acids is 1. The van der Waals surface area contributed by atoms with E-state index in [9.17, 15) is 34.5 Å². The van der Waals surface area contributed by atoms with Gasteiger partial charge in [-0.25, -0.2) is 4.79 Å². The van der Waals surface area contributed by atoms with Crippen molar-refractivity contribution in [2.24, 2.45) is 0 Å². The van der Waals surface area contributed by atoms with Gasteiger partial charge in [0.2, 0.25) is 0 Å². The van der Waals surface area contributed by atoms with Crippen molar-refractivity contribution in [2.45, 2.75) is 302 Å². The smallest absolute Gasteiger partial charge is 0.335 e. The summed E-state index contributed by atoms with van der Waals surface area (Å²) >= 11 is 0. The van der Waals surface area contributed by atoms with Crippen LogP contribution in [0.15, 0.2) is 72.9 Å². The first kappa shape index (κ1) is 71.2. The Hall–Kier alpha value is -3.84. The molecule has 1 aliphatic rings. The molecule has 1 heterocycles. The predicted octanol–water partition coefficient (Wildman–Crippen LogP) is 16.1. The van der Waals surface area contributed by atoms with E-state index in [4.69, 9.17) is 23.7 Å². The number of aliphatic hydroxyl groups is 2. The molecule has 0 aromatic heterocycles. The van der Waals surface area contributed by atoms with Gasteiger partial charge in [-0.3, -0.25) is 14.4 Å². The van der Waals surface area contributed by atoms with Crippen LogP contribution in [0.4, 0.5) is 0 Å². The summed E-state index contributed by atoms with van der Waals surface area (Å²) in [7, 11) is 0. The van der Waals surface area contributed by atoms with E-state index in [1.807, 2.05) is 12.2 Å². The maximum Gasteiger partial charge on any atom is 0.335 e. The van der Waals surface area contributed by atoms with Crippen LogP contribution in [-0.2, 0) is 42.9 Å². The highest BCUT2D eigenvalue weighted by molar-refractivity contribution is 5.74. The fourth-order valence-corrected chi connectivity index (χ4v) is 9.09. The number of ether oxygens (including phenoxy) is 5. The number of carboxylic acid groups (broad SMARTS) is 1. The molecular formula is C65H110O12. The predicted molar refractivity (Wildman–Crippen MR) is 312 cm³/mol. The van der Waals surface area contributed by atoms with Gasteiger partial charge in [0.25, 0.3) is 0 Å². The lowest BCUT2D eigenvalue weighted by Gasteiger charge is -2.40. The quantitative estimate of drug-likeness (QED) is 0.0228. The molecule has 77 heavy (non-hydrogen) atoms. The average molecular weight is 1080 g/mol. The summed E-state index contributed by atoms with van der Waals surface area (Å²) < 4.78 is 28.3. The monoisotopic (exact) mass is 1080 g/mol. The lowest BCUT2D eigenvalue weighted by molar-refractivity contribution is -0.301. The third-order valence-electron chi connectivity index (χ3n) is 13.8. The zero-order valence-corrected chi connectivity index (χ0v) is 48.7. The molecule has 1 fully saturated rings. The van der Waals surface area contributed by atoms with Crippen molar-refractivity contribution in [3.05, 3.63) is 72.9 Å². The molecule has 0 saturated carbocycles. The first-order valence-electron chi connectivity index (χ1n) is 30.9. The summed E-state index contributed by atoms with van der Waals surface area (Å²) in [6.07, 6.45) is 54.7. The normalized spacial score (nSPS) is 18.5. The number of esters is 3.